The lowest BCUT2D eigenvalue weighted by molar-refractivity contribution is 0.0899. The lowest BCUT2D eigenvalue weighted by Crippen LogP contribution is -2.41. The second kappa shape index (κ2) is 9.30. The van der Waals surface area contributed by atoms with Crippen LogP contribution in [0, 0.1) is 5.92 Å². The first kappa shape index (κ1) is 17.5. The minimum Gasteiger partial charge on any atom is -0.399 e. The van der Waals surface area contributed by atoms with Crippen LogP contribution in [0.2, 0.25) is 0 Å². The molecule has 2 N–H and O–H groups in total. The van der Waals surface area contributed by atoms with Gasteiger partial charge in [-0.15, -0.1) is 0 Å². The molecule has 1 unspecified atom stereocenters. The third-order valence-electron chi connectivity index (χ3n) is 4.46. The Balaban J connectivity index is 1.98. The summed E-state index contributed by atoms with van der Waals surface area (Å²) in [5.74, 6) is 0.400. The van der Waals surface area contributed by atoms with E-state index in [-0.39, 0.29) is 18.6 Å². The molecule has 23 heavy (non-hydrogen) atoms. The Morgan fingerprint density at radius 2 is 2.04 bits per heavy atom. The Bertz CT molecular complexity index is 508. The van der Waals surface area contributed by atoms with E-state index >= 15 is 0 Å². The van der Waals surface area contributed by atoms with Crippen molar-refractivity contribution in [1.82, 2.24) is 5.32 Å². The summed E-state index contributed by atoms with van der Waals surface area (Å²) in [5, 5.41) is 16.1. The number of rotatable bonds is 7. The number of carbonyl (C=O) groups is 1. The van der Waals surface area contributed by atoms with Crippen LogP contribution in [0.5, 0.6) is 0 Å². The molecule has 0 radical (unpaired) electrons. The summed E-state index contributed by atoms with van der Waals surface area (Å²) in [7, 11) is 1.49. The van der Waals surface area contributed by atoms with E-state index < -0.39 is 0 Å². The normalized spacial score (nSPS) is 17.1. The molecule has 1 fully saturated rings. The summed E-state index contributed by atoms with van der Waals surface area (Å²) in [6, 6.07) is 7.28. The van der Waals surface area contributed by atoms with Crippen molar-refractivity contribution in [2.45, 2.75) is 44.6 Å². The molecule has 5 heteroatoms. The third-order valence-corrected chi connectivity index (χ3v) is 4.46. The van der Waals surface area contributed by atoms with E-state index in [1.54, 1.807) is 18.3 Å². The van der Waals surface area contributed by atoms with Gasteiger partial charge in [0.1, 0.15) is 7.11 Å². The summed E-state index contributed by atoms with van der Waals surface area (Å²) in [6.45, 7) is 0.105. The number of nitrogens with zero attached hydrogens (tertiary/aromatic N) is 1. The number of oxime groups is 1. The molecule has 0 aromatic heterocycles. The van der Waals surface area contributed by atoms with Gasteiger partial charge in [-0.2, -0.15) is 0 Å². The maximum atomic E-state index is 12.4. The highest BCUT2D eigenvalue weighted by Crippen LogP contribution is 2.27. The third kappa shape index (κ3) is 5.36. The predicted octanol–water partition coefficient (Wildman–Crippen LogP) is 2.73. The van der Waals surface area contributed by atoms with E-state index in [1.807, 2.05) is 12.1 Å². The second-order valence-electron chi connectivity index (χ2n) is 6.03. The first-order chi connectivity index (χ1) is 11.2. The molecular formula is C18H26N2O3. The molecule has 5 nitrogen and oxygen atoms in total. The highest BCUT2D eigenvalue weighted by Gasteiger charge is 2.25. The van der Waals surface area contributed by atoms with Crippen molar-refractivity contribution in [2.75, 3.05) is 13.7 Å². The molecule has 0 saturated heterocycles. The smallest absolute Gasteiger partial charge is 0.251 e. The highest BCUT2D eigenvalue weighted by molar-refractivity contribution is 5.95. The summed E-state index contributed by atoms with van der Waals surface area (Å²) in [6.07, 6.45) is 8.20. The minimum absolute atomic E-state index is 0.0579. The standard InChI is InChI=1S/C18H26N2O3/c1-23-19-13-14-7-9-16(10-8-14)18(22)20-17(11-12-21)15-5-3-2-4-6-15/h7-10,13,15,17,21H,2-6,11-12H2,1H3,(H,20,22)/b19-13+. The first-order valence-electron chi connectivity index (χ1n) is 8.33. The van der Waals surface area contributed by atoms with Gasteiger partial charge in [-0.1, -0.05) is 36.6 Å². The summed E-state index contributed by atoms with van der Waals surface area (Å²) >= 11 is 0. The molecule has 1 aliphatic carbocycles. The maximum absolute atomic E-state index is 12.4. The zero-order chi connectivity index (χ0) is 16.5. The van der Waals surface area contributed by atoms with Gasteiger partial charge < -0.3 is 15.3 Å². The molecule has 1 atom stereocenters. The molecular weight excluding hydrogens is 292 g/mol. The lowest BCUT2D eigenvalue weighted by atomic mass is 9.82. The summed E-state index contributed by atoms with van der Waals surface area (Å²) in [5.41, 5.74) is 1.50. The first-order valence-corrected chi connectivity index (χ1v) is 8.33. The Hall–Kier alpha value is -1.88. The largest absolute Gasteiger partial charge is 0.399 e. The number of amides is 1. The Labute approximate surface area is 137 Å². The fraction of sp³-hybridized carbons (Fsp3) is 0.556. The average molecular weight is 318 g/mol. The number of nitrogens with one attached hydrogen (secondary N) is 1. The van der Waals surface area contributed by atoms with Gasteiger partial charge in [0.2, 0.25) is 0 Å². The van der Waals surface area contributed by atoms with E-state index in [0.29, 0.717) is 17.9 Å². The van der Waals surface area contributed by atoms with E-state index in [1.165, 1.54) is 26.4 Å². The molecule has 1 aromatic rings. The zero-order valence-electron chi connectivity index (χ0n) is 13.7. The van der Waals surface area contributed by atoms with Crippen LogP contribution >= 0.6 is 0 Å². The summed E-state index contributed by atoms with van der Waals surface area (Å²) < 4.78 is 0. The number of hydrogen-bond acceptors (Lipinski definition) is 4. The van der Waals surface area contributed by atoms with Crippen molar-refractivity contribution >= 4 is 12.1 Å². The topological polar surface area (TPSA) is 70.9 Å². The molecule has 1 saturated carbocycles. The number of benzene rings is 1. The maximum Gasteiger partial charge on any atom is 0.251 e. The molecule has 0 aliphatic heterocycles. The minimum atomic E-state index is -0.0794. The highest BCUT2D eigenvalue weighted by atomic mass is 16.6. The van der Waals surface area contributed by atoms with Crippen LogP contribution in [0.1, 0.15) is 54.4 Å². The van der Waals surface area contributed by atoms with Gasteiger partial charge >= 0.3 is 0 Å². The van der Waals surface area contributed by atoms with Crippen molar-refractivity contribution < 1.29 is 14.7 Å². The van der Waals surface area contributed by atoms with Crippen LogP contribution in [0.4, 0.5) is 0 Å². The number of hydrogen-bond donors (Lipinski definition) is 2. The molecule has 1 amide bonds. The van der Waals surface area contributed by atoms with Crippen LogP contribution in [-0.4, -0.2) is 37.0 Å². The number of aliphatic hydroxyl groups excluding tert-OH is 1. The van der Waals surface area contributed by atoms with Gasteiger partial charge in [0.15, 0.2) is 0 Å². The van der Waals surface area contributed by atoms with Crippen LogP contribution in [-0.2, 0) is 4.84 Å². The van der Waals surface area contributed by atoms with Crippen molar-refractivity contribution in [1.29, 1.82) is 0 Å². The van der Waals surface area contributed by atoms with Gasteiger partial charge in [-0.3, -0.25) is 4.79 Å². The van der Waals surface area contributed by atoms with E-state index in [9.17, 15) is 9.90 Å². The fourth-order valence-corrected chi connectivity index (χ4v) is 3.19. The zero-order valence-corrected chi connectivity index (χ0v) is 13.7. The molecule has 0 heterocycles. The van der Waals surface area contributed by atoms with Crippen LogP contribution in [0.15, 0.2) is 29.4 Å². The SMILES string of the molecule is CO/N=C/c1ccc(C(=O)NC(CCO)C2CCCCC2)cc1. The van der Waals surface area contributed by atoms with Crippen molar-refractivity contribution in [3.63, 3.8) is 0 Å². The van der Waals surface area contributed by atoms with Crippen LogP contribution in [0.3, 0.4) is 0 Å². The van der Waals surface area contributed by atoms with E-state index in [0.717, 1.165) is 18.4 Å². The number of carbonyl (C=O) groups excluding carboxylic acids is 1. The van der Waals surface area contributed by atoms with E-state index in [4.69, 9.17) is 0 Å². The Morgan fingerprint density at radius 1 is 1.35 bits per heavy atom. The fourth-order valence-electron chi connectivity index (χ4n) is 3.19. The van der Waals surface area contributed by atoms with Crippen molar-refractivity contribution in [3.8, 4) is 0 Å². The molecule has 126 valence electrons. The van der Waals surface area contributed by atoms with Gasteiger partial charge in [-0.05, 0) is 42.9 Å². The lowest BCUT2D eigenvalue weighted by Gasteiger charge is -2.30. The quantitative estimate of drug-likeness (QED) is 0.600. The second-order valence-corrected chi connectivity index (χ2v) is 6.03. The van der Waals surface area contributed by atoms with Gasteiger partial charge in [0.05, 0.1) is 6.21 Å². The van der Waals surface area contributed by atoms with Gasteiger partial charge in [0, 0.05) is 18.2 Å². The molecule has 0 bridgehead atoms. The van der Waals surface area contributed by atoms with Crippen LogP contribution < -0.4 is 5.32 Å². The summed E-state index contributed by atoms with van der Waals surface area (Å²) in [4.78, 5) is 17.1. The predicted molar refractivity (Wildman–Crippen MR) is 90.6 cm³/mol. The van der Waals surface area contributed by atoms with Gasteiger partial charge in [-0.25, -0.2) is 0 Å². The molecule has 0 spiro atoms. The van der Waals surface area contributed by atoms with Crippen LogP contribution in [0.25, 0.3) is 0 Å². The Kier molecular flexibility index (Phi) is 7.07. The Morgan fingerprint density at radius 3 is 2.65 bits per heavy atom. The van der Waals surface area contributed by atoms with Crippen molar-refractivity contribution in [2.24, 2.45) is 11.1 Å². The van der Waals surface area contributed by atoms with E-state index in [2.05, 4.69) is 15.3 Å². The molecule has 1 aliphatic rings. The molecule has 2 rings (SSSR count). The average Bonchev–Trinajstić information content (AvgIpc) is 2.60. The molecule has 1 aromatic carbocycles. The number of aliphatic hydroxyl groups is 1. The van der Waals surface area contributed by atoms with Gasteiger partial charge in [0.25, 0.3) is 5.91 Å². The van der Waals surface area contributed by atoms with Crippen molar-refractivity contribution in [3.05, 3.63) is 35.4 Å². The monoisotopic (exact) mass is 318 g/mol.